The number of benzene rings is 1. The van der Waals surface area contributed by atoms with Gasteiger partial charge in [-0.25, -0.2) is 4.79 Å². The molecule has 0 spiro atoms. The Morgan fingerprint density at radius 2 is 1.85 bits per heavy atom. The van der Waals surface area contributed by atoms with Gasteiger partial charge in [0.1, 0.15) is 0 Å². The second-order valence-electron chi connectivity index (χ2n) is 4.97. The van der Waals surface area contributed by atoms with Crippen LogP contribution in [0.1, 0.15) is 30.6 Å². The molecule has 1 aromatic rings. The summed E-state index contributed by atoms with van der Waals surface area (Å²) in [4.78, 5) is 22.9. The molecule has 0 aliphatic rings. The van der Waals surface area contributed by atoms with Gasteiger partial charge >= 0.3 is 5.97 Å². The summed E-state index contributed by atoms with van der Waals surface area (Å²) in [5.74, 6) is 0.136. The highest BCUT2D eigenvalue weighted by Gasteiger charge is 2.06. The van der Waals surface area contributed by atoms with E-state index in [4.69, 9.17) is 0 Å². The van der Waals surface area contributed by atoms with Crippen molar-refractivity contribution in [2.24, 2.45) is 5.92 Å². The molecule has 0 saturated heterocycles. The van der Waals surface area contributed by atoms with Gasteiger partial charge in [0.15, 0.2) is 0 Å². The van der Waals surface area contributed by atoms with Crippen LogP contribution in [0.2, 0.25) is 0 Å². The predicted molar refractivity (Wildman–Crippen MR) is 78.7 cm³/mol. The van der Waals surface area contributed by atoms with Gasteiger partial charge in [-0.3, -0.25) is 4.79 Å². The number of carbonyl (C=O) groups excluding carboxylic acids is 2. The SMILES string of the molecule is COC(=O)c1ccc(NC(=O)CCNCC(C)C)cc1. The number of hydrogen-bond acceptors (Lipinski definition) is 4. The fraction of sp³-hybridized carbons (Fsp3) is 0.467. The first-order valence-corrected chi connectivity index (χ1v) is 6.72. The predicted octanol–water partition coefficient (Wildman–Crippen LogP) is 2.05. The number of methoxy groups -OCH3 is 1. The van der Waals surface area contributed by atoms with E-state index in [1.54, 1.807) is 24.3 Å². The van der Waals surface area contributed by atoms with E-state index >= 15 is 0 Å². The first-order valence-electron chi connectivity index (χ1n) is 6.72. The second kappa shape index (κ2) is 8.32. The van der Waals surface area contributed by atoms with Crippen LogP contribution < -0.4 is 10.6 Å². The third-order valence-electron chi connectivity index (χ3n) is 2.67. The van der Waals surface area contributed by atoms with Crippen LogP contribution in [0.25, 0.3) is 0 Å². The number of esters is 1. The van der Waals surface area contributed by atoms with Gasteiger partial charge in [-0.05, 0) is 36.7 Å². The maximum Gasteiger partial charge on any atom is 0.337 e. The lowest BCUT2D eigenvalue weighted by molar-refractivity contribution is -0.116. The van der Waals surface area contributed by atoms with Gasteiger partial charge in [0.2, 0.25) is 5.91 Å². The second-order valence-corrected chi connectivity index (χ2v) is 4.97. The number of carbonyl (C=O) groups is 2. The van der Waals surface area contributed by atoms with E-state index in [1.165, 1.54) is 7.11 Å². The van der Waals surface area contributed by atoms with Crippen molar-refractivity contribution in [2.75, 3.05) is 25.5 Å². The minimum absolute atomic E-state index is 0.0490. The Balaban J connectivity index is 2.36. The van der Waals surface area contributed by atoms with Crippen molar-refractivity contribution in [3.63, 3.8) is 0 Å². The van der Waals surface area contributed by atoms with E-state index in [0.717, 1.165) is 6.54 Å². The zero-order chi connectivity index (χ0) is 15.0. The van der Waals surface area contributed by atoms with Crippen molar-refractivity contribution in [2.45, 2.75) is 20.3 Å². The Bertz CT molecular complexity index is 441. The Hall–Kier alpha value is -1.88. The lowest BCUT2D eigenvalue weighted by Gasteiger charge is -2.08. The molecule has 0 saturated carbocycles. The molecule has 110 valence electrons. The molecule has 0 atom stereocenters. The molecule has 20 heavy (non-hydrogen) atoms. The third-order valence-corrected chi connectivity index (χ3v) is 2.67. The summed E-state index contributed by atoms with van der Waals surface area (Å²) in [6.07, 6.45) is 0.422. The first kappa shape index (κ1) is 16.2. The van der Waals surface area contributed by atoms with E-state index in [9.17, 15) is 9.59 Å². The molecule has 0 aliphatic heterocycles. The van der Waals surface area contributed by atoms with Crippen molar-refractivity contribution in [3.05, 3.63) is 29.8 Å². The number of amides is 1. The third kappa shape index (κ3) is 5.84. The number of nitrogens with one attached hydrogen (secondary N) is 2. The lowest BCUT2D eigenvalue weighted by Crippen LogP contribution is -2.24. The zero-order valence-electron chi connectivity index (χ0n) is 12.2. The monoisotopic (exact) mass is 278 g/mol. The highest BCUT2D eigenvalue weighted by Crippen LogP contribution is 2.10. The highest BCUT2D eigenvalue weighted by molar-refractivity contribution is 5.93. The van der Waals surface area contributed by atoms with Crippen molar-refractivity contribution in [3.8, 4) is 0 Å². The molecule has 1 aromatic carbocycles. The van der Waals surface area contributed by atoms with E-state index in [1.807, 2.05) is 0 Å². The van der Waals surface area contributed by atoms with Crippen LogP contribution in [0.4, 0.5) is 5.69 Å². The molecule has 0 unspecified atom stereocenters. The summed E-state index contributed by atoms with van der Waals surface area (Å²) in [5, 5.41) is 5.99. The van der Waals surface area contributed by atoms with Crippen molar-refractivity contribution >= 4 is 17.6 Å². The quantitative estimate of drug-likeness (QED) is 0.591. The van der Waals surface area contributed by atoms with Gasteiger partial charge in [-0.15, -0.1) is 0 Å². The van der Waals surface area contributed by atoms with Crippen LogP contribution in [0, 0.1) is 5.92 Å². The maximum absolute atomic E-state index is 11.7. The van der Waals surface area contributed by atoms with Crippen molar-refractivity contribution < 1.29 is 14.3 Å². The van der Waals surface area contributed by atoms with Crippen LogP contribution in [-0.4, -0.2) is 32.1 Å². The summed E-state index contributed by atoms with van der Waals surface area (Å²) in [7, 11) is 1.34. The fourth-order valence-corrected chi connectivity index (χ4v) is 1.62. The molecule has 5 heteroatoms. The summed E-state index contributed by atoms with van der Waals surface area (Å²) in [6.45, 7) is 5.80. The molecule has 0 aliphatic carbocycles. The average Bonchev–Trinajstić information content (AvgIpc) is 2.43. The van der Waals surface area contributed by atoms with Crippen LogP contribution >= 0.6 is 0 Å². The summed E-state index contributed by atoms with van der Waals surface area (Å²) in [5.41, 5.74) is 1.13. The minimum atomic E-state index is -0.388. The number of rotatable bonds is 7. The number of anilines is 1. The van der Waals surface area contributed by atoms with Gasteiger partial charge in [-0.1, -0.05) is 13.8 Å². The Labute approximate surface area is 119 Å². The molecule has 0 bridgehead atoms. The minimum Gasteiger partial charge on any atom is -0.465 e. The molecule has 0 radical (unpaired) electrons. The van der Waals surface area contributed by atoms with Gasteiger partial charge < -0.3 is 15.4 Å². The summed E-state index contributed by atoms with van der Waals surface area (Å²) in [6, 6.07) is 6.62. The lowest BCUT2D eigenvalue weighted by atomic mass is 10.2. The molecule has 1 amide bonds. The largest absolute Gasteiger partial charge is 0.465 e. The first-order chi connectivity index (χ1) is 9.52. The standard InChI is InChI=1S/C15H22N2O3/c1-11(2)10-16-9-8-14(18)17-13-6-4-12(5-7-13)15(19)20-3/h4-7,11,16H,8-10H2,1-3H3,(H,17,18). The topological polar surface area (TPSA) is 67.4 Å². The van der Waals surface area contributed by atoms with E-state index in [-0.39, 0.29) is 11.9 Å². The van der Waals surface area contributed by atoms with E-state index in [0.29, 0.717) is 30.1 Å². The Morgan fingerprint density at radius 3 is 2.40 bits per heavy atom. The molecule has 5 nitrogen and oxygen atoms in total. The Morgan fingerprint density at radius 1 is 1.20 bits per heavy atom. The zero-order valence-corrected chi connectivity index (χ0v) is 12.2. The van der Waals surface area contributed by atoms with Gasteiger partial charge in [0.05, 0.1) is 12.7 Å². The molecular formula is C15H22N2O3. The van der Waals surface area contributed by atoms with Crippen molar-refractivity contribution in [1.29, 1.82) is 0 Å². The van der Waals surface area contributed by atoms with Gasteiger partial charge in [-0.2, -0.15) is 0 Å². The fourth-order valence-electron chi connectivity index (χ4n) is 1.62. The Kier molecular flexibility index (Phi) is 6.73. The number of ether oxygens (including phenoxy) is 1. The van der Waals surface area contributed by atoms with Crippen LogP contribution in [-0.2, 0) is 9.53 Å². The van der Waals surface area contributed by atoms with Crippen LogP contribution in [0.3, 0.4) is 0 Å². The summed E-state index contributed by atoms with van der Waals surface area (Å²) >= 11 is 0. The summed E-state index contributed by atoms with van der Waals surface area (Å²) < 4.78 is 4.61. The molecular weight excluding hydrogens is 256 g/mol. The van der Waals surface area contributed by atoms with Crippen molar-refractivity contribution in [1.82, 2.24) is 5.32 Å². The van der Waals surface area contributed by atoms with Gasteiger partial charge in [0.25, 0.3) is 0 Å². The van der Waals surface area contributed by atoms with E-state index in [2.05, 4.69) is 29.2 Å². The smallest absolute Gasteiger partial charge is 0.337 e. The number of hydrogen-bond donors (Lipinski definition) is 2. The van der Waals surface area contributed by atoms with Crippen LogP contribution in [0.5, 0.6) is 0 Å². The average molecular weight is 278 g/mol. The highest BCUT2D eigenvalue weighted by atomic mass is 16.5. The molecule has 0 fully saturated rings. The van der Waals surface area contributed by atoms with Gasteiger partial charge in [0, 0.05) is 18.7 Å². The molecule has 0 heterocycles. The molecule has 2 N–H and O–H groups in total. The van der Waals surface area contributed by atoms with Crippen LogP contribution in [0.15, 0.2) is 24.3 Å². The molecule has 0 aromatic heterocycles. The van der Waals surface area contributed by atoms with E-state index < -0.39 is 0 Å². The molecule has 1 rings (SSSR count). The maximum atomic E-state index is 11.7. The normalized spacial score (nSPS) is 10.4.